The van der Waals surface area contributed by atoms with Crippen molar-refractivity contribution >= 4 is 21.7 Å². The smallest absolute Gasteiger partial charge is 0.317 e. The van der Waals surface area contributed by atoms with E-state index in [1.165, 1.54) is 6.26 Å². The van der Waals surface area contributed by atoms with Crippen molar-refractivity contribution in [2.24, 2.45) is 0 Å². The van der Waals surface area contributed by atoms with E-state index in [9.17, 15) is 13.2 Å². The molecule has 3 heterocycles. The van der Waals surface area contributed by atoms with Gasteiger partial charge in [-0.2, -0.15) is 0 Å². The lowest BCUT2D eigenvalue weighted by Gasteiger charge is -2.36. The van der Waals surface area contributed by atoms with Gasteiger partial charge in [0.25, 0.3) is 0 Å². The quantitative estimate of drug-likeness (QED) is 0.798. The number of carbonyl (C=O) groups is 1. The Morgan fingerprint density at radius 1 is 1.07 bits per heavy atom. The third-order valence-corrected chi connectivity index (χ3v) is 6.25. The standard InChI is InChI=1S/C19H22N4O3S/c1-27(25,26)17-7-5-15(6-8-17)12-21-10-11-22-16(13-21)14-23(19(22)24)18-4-2-3-9-20-18/h2-9,16H,10-14H2,1H3/t16-/m1/s1. The predicted molar refractivity (Wildman–Crippen MR) is 102 cm³/mol. The predicted octanol–water partition coefficient (Wildman–Crippen LogP) is 1.61. The number of piperazine rings is 1. The Morgan fingerprint density at radius 2 is 1.85 bits per heavy atom. The van der Waals surface area contributed by atoms with Crippen LogP contribution in [-0.4, -0.2) is 67.7 Å². The lowest BCUT2D eigenvalue weighted by Crippen LogP contribution is -2.51. The van der Waals surface area contributed by atoms with Gasteiger partial charge in [0.15, 0.2) is 9.84 Å². The van der Waals surface area contributed by atoms with E-state index in [1.807, 2.05) is 35.2 Å². The number of urea groups is 1. The molecule has 1 atom stereocenters. The molecule has 2 saturated heterocycles. The molecule has 7 nitrogen and oxygen atoms in total. The van der Waals surface area contributed by atoms with E-state index < -0.39 is 9.84 Å². The number of nitrogens with zero attached hydrogens (tertiary/aromatic N) is 4. The van der Waals surface area contributed by atoms with E-state index in [1.54, 1.807) is 23.2 Å². The van der Waals surface area contributed by atoms with Crippen molar-refractivity contribution < 1.29 is 13.2 Å². The van der Waals surface area contributed by atoms with Crippen molar-refractivity contribution in [2.75, 3.05) is 37.3 Å². The summed E-state index contributed by atoms with van der Waals surface area (Å²) >= 11 is 0. The van der Waals surface area contributed by atoms with Crippen LogP contribution in [0.15, 0.2) is 53.6 Å². The molecule has 142 valence electrons. The summed E-state index contributed by atoms with van der Waals surface area (Å²) in [6.07, 6.45) is 2.91. The molecule has 0 bridgehead atoms. The molecule has 2 amide bonds. The van der Waals surface area contributed by atoms with Gasteiger partial charge in [-0.05, 0) is 29.8 Å². The third kappa shape index (κ3) is 3.68. The third-order valence-electron chi connectivity index (χ3n) is 5.12. The van der Waals surface area contributed by atoms with Gasteiger partial charge in [-0.1, -0.05) is 18.2 Å². The van der Waals surface area contributed by atoms with Crippen LogP contribution in [0.4, 0.5) is 10.6 Å². The number of hydrogen-bond donors (Lipinski definition) is 0. The number of amides is 2. The van der Waals surface area contributed by atoms with Gasteiger partial charge in [-0.15, -0.1) is 0 Å². The lowest BCUT2D eigenvalue weighted by atomic mass is 10.1. The molecule has 0 saturated carbocycles. The van der Waals surface area contributed by atoms with Crippen LogP contribution < -0.4 is 4.90 Å². The molecule has 1 aromatic heterocycles. The Morgan fingerprint density at radius 3 is 2.52 bits per heavy atom. The number of sulfone groups is 1. The normalized spacial score (nSPS) is 20.8. The minimum Gasteiger partial charge on any atom is -0.317 e. The zero-order chi connectivity index (χ0) is 19.0. The van der Waals surface area contributed by atoms with E-state index >= 15 is 0 Å². The Bertz CT molecular complexity index is 931. The molecule has 0 spiro atoms. The van der Waals surface area contributed by atoms with Crippen LogP contribution in [0.1, 0.15) is 5.56 Å². The molecule has 2 aromatic rings. The van der Waals surface area contributed by atoms with Crippen molar-refractivity contribution in [3.8, 4) is 0 Å². The number of benzene rings is 1. The summed E-state index contributed by atoms with van der Waals surface area (Å²) in [5, 5.41) is 0. The maximum Gasteiger partial charge on any atom is 0.326 e. The maximum absolute atomic E-state index is 12.7. The minimum atomic E-state index is -3.17. The Balaban J connectivity index is 1.42. The number of carbonyl (C=O) groups excluding carboxylic acids is 1. The first-order chi connectivity index (χ1) is 12.9. The average molecular weight is 386 g/mol. The number of fused-ring (bicyclic) bond motifs is 1. The number of pyridine rings is 1. The molecule has 1 aromatic carbocycles. The van der Waals surface area contributed by atoms with Crippen LogP contribution in [0, 0.1) is 0 Å². The number of hydrogen-bond acceptors (Lipinski definition) is 5. The topological polar surface area (TPSA) is 73.8 Å². The highest BCUT2D eigenvalue weighted by atomic mass is 32.2. The van der Waals surface area contributed by atoms with E-state index in [-0.39, 0.29) is 12.1 Å². The summed E-state index contributed by atoms with van der Waals surface area (Å²) in [5.41, 5.74) is 1.07. The van der Waals surface area contributed by atoms with Gasteiger partial charge < -0.3 is 4.90 Å². The van der Waals surface area contributed by atoms with Gasteiger partial charge in [0.1, 0.15) is 5.82 Å². The molecular weight excluding hydrogens is 364 g/mol. The zero-order valence-corrected chi connectivity index (χ0v) is 16.0. The van der Waals surface area contributed by atoms with Crippen molar-refractivity contribution in [1.82, 2.24) is 14.8 Å². The van der Waals surface area contributed by atoms with E-state index in [4.69, 9.17) is 0 Å². The van der Waals surface area contributed by atoms with Gasteiger partial charge >= 0.3 is 6.03 Å². The van der Waals surface area contributed by atoms with Crippen LogP contribution in [0.5, 0.6) is 0 Å². The summed E-state index contributed by atoms with van der Waals surface area (Å²) in [5.74, 6) is 0.694. The Hall–Kier alpha value is -2.45. The SMILES string of the molecule is CS(=O)(=O)c1ccc(CN2CCN3C(=O)N(c4ccccn4)C[C@H]3C2)cc1. The fourth-order valence-electron chi connectivity index (χ4n) is 3.72. The van der Waals surface area contributed by atoms with Crippen LogP contribution in [0.2, 0.25) is 0 Å². The molecule has 0 N–H and O–H groups in total. The second-order valence-electron chi connectivity index (χ2n) is 7.08. The second kappa shape index (κ2) is 6.94. The fourth-order valence-corrected chi connectivity index (χ4v) is 4.35. The molecule has 27 heavy (non-hydrogen) atoms. The highest BCUT2D eigenvalue weighted by molar-refractivity contribution is 7.90. The summed E-state index contributed by atoms with van der Waals surface area (Å²) in [6, 6.07) is 12.8. The van der Waals surface area contributed by atoms with Gasteiger partial charge in [-0.3, -0.25) is 9.80 Å². The molecule has 0 radical (unpaired) electrons. The van der Waals surface area contributed by atoms with Crippen molar-refractivity contribution in [3.63, 3.8) is 0 Å². The first-order valence-electron chi connectivity index (χ1n) is 8.92. The van der Waals surface area contributed by atoms with Crippen LogP contribution in [0.3, 0.4) is 0 Å². The maximum atomic E-state index is 12.7. The van der Waals surface area contributed by atoms with Crippen LogP contribution in [0.25, 0.3) is 0 Å². The van der Waals surface area contributed by atoms with E-state index in [0.29, 0.717) is 23.8 Å². The lowest BCUT2D eigenvalue weighted by molar-refractivity contribution is 0.116. The number of rotatable bonds is 4. The van der Waals surface area contributed by atoms with E-state index in [2.05, 4.69) is 9.88 Å². The molecule has 2 fully saturated rings. The highest BCUT2D eigenvalue weighted by Crippen LogP contribution is 2.25. The Kier molecular flexibility index (Phi) is 4.61. The van der Waals surface area contributed by atoms with Crippen molar-refractivity contribution in [1.29, 1.82) is 0 Å². The Labute approximate surface area is 159 Å². The average Bonchev–Trinajstić information content (AvgIpc) is 2.98. The van der Waals surface area contributed by atoms with Gasteiger partial charge in [0.05, 0.1) is 17.5 Å². The number of aromatic nitrogens is 1. The minimum absolute atomic E-state index is 0.0239. The number of anilines is 1. The van der Waals surface area contributed by atoms with Crippen LogP contribution >= 0.6 is 0 Å². The molecule has 2 aliphatic rings. The molecule has 2 aliphatic heterocycles. The summed E-state index contributed by atoms with van der Waals surface area (Å²) in [7, 11) is -3.17. The van der Waals surface area contributed by atoms with Gasteiger partial charge in [-0.25, -0.2) is 18.2 Å². The highest BCUT2D eigenvalue weighted by Gasteiger charge is 2.41. The van der Waals surface area contributed by atoms with Crippen molar-refractivity contribution in [2.45, 2.75) is 17.5 Å². The molecule has 0 unspecified atom stereocenters. The fraction of sp³-hybridized carbons (Fsp3) is 0.368. The second-order valence-corrected chi connectivity index (χ2v) is 9.10. The van der Waals surface area contributed by atoms with Crippen LogP contribution in [-0.2, 0) is 16.4 Å². The molecular formula is C19H22N4O3S. The molecule has 4 rings (SSSR count). The first kappa shape index (κ1) is 17.9. The summed E-state index contributed by atoms with van der Waals surface area (Å²) in [6.45, 7) is 3.66. The largest absolute Gasteiger partial charge is 0.326 e. The molecule has 8 heteroatoms. The summed E-state index contributed by atoms with van der Waals surface area (Å²) < 4.78 is 23.2. The first-order valence-corrected chi connectivity index (χ1v) is 10.8. The van der Waals surface area contributed by atoms with Gasteiger partial charge in [0.2, 0.25) is 0 Å². The van der Waals surface area contributed by atoms with Gasteiger partial charge in [0, 0.05) is 38.6 Å². The van der Waals surface area contributed by atoms with Crippen molar-refractivity contribution in [3.05, 3.63) is 54.2 Å². The zero-order valence-electron chi connectivity index (χ0n) is 15.2. The van der Waals surface area contributed by atoms with E-state index in [0.717, 1.165) is 25.2 Å². The molecule has 0 aliphatic carbocycles. The monoisotopic (exact) mass is 386 g/mol. The summed E-state index contributed by atoms with van der Waals surface area (Å²) in [4.78, 5) is 23.3.